The van der Waals surface area contributed by atoms with Gasteiger partial charge in [-0.15, -0.1) is 0 Å². The van der Waals surface area contributed by atoms with Crippen LogP contribution in [0.4, 0.5) is 9.18 Å². The molecule has 45 heteroatoms. The summed E-state index contributed by atoms with van der Waals surface area (Å²) in [5.41, 5.74) is 0.680. The number of aliphatic hydroxyl groups is 3. The molecular weight excluding hydrogens is 1640 g/mol. The minimum absolute atomic E-state index is 0. The van der Waals surface area contributed by atoms with E-state index in [1.54, 1.807) is 121 Å². The minimum Gasteiger partial charge on any atom is -0.465 e. The molecule has 6 unspecified atom stereocenters. The summed E-state index contributed by atoms with van der Waals surface area (Å²) in [6, 6.07) is 19.7. The second-order valence-electron chi connectivity index (χ2n) is 28.1. The van der Waals surface area contributed by atoms with E-state index < -0.39 is 170 Å². The maximum atomic E-state index is 15.6. The molecule has 0 spiro atoms. The lowest BCUT2D eigenvalue weighted by atomic mass is 9.96. The predicted octanol–water partition coefficient (Wildman–Crippen LogP) is 7.81. The Labute approximate surface area is 692 Å². The van der Waals surface area contributed by atoms with Crippen LogP contribution >= 0.6 is 23.2 Å². The SMILES string of the molecule is C.C=C1N=C(NO)C=CN1[C@@H]1O[C@H](COP(=O)(N[C@@H](C)C(=O)OC(C)C)Oc2ccccc2CCC(=O)OC(C)C)C2OC(=O)O[C@]21C.C=C1N=C(NO)C=CN1[C@@H]1O[C@H](COP(=O)(N[C@@H](C)C(=O)OCC)Oc2ccccc2)C(O)[C@@]1(C)F.C=C1N=C(NO)C=CN1[C@@H]1O[C@H](COP(=O)(N[C@@H](C)C(=O)OCC)Oc2ccccc2)C(O)[C@@]1(C)O. The Morgan fingerprint density at radius 2 is 0.950 bits per heavy atom. The molecule has 4 fully saturated rings. The third kappa shape index (κ3) is 25.3. The number of esters is 4. The molecule has 3 aromatic rings. The number of para-hydroxylation sites is 3. The molecule has 120 heavy (non-hydrogen) atoms. The van der Waals surface area contributed by atoms with Crippen molar-refractivity contribution in [1.82, 2.24) is 46.4 Å². The highest BCUT2D eigenvalue weighted by atomic mass is 31.2. The normalized spacial score (nSPS) is 26.9. The summed E-state index contributed by atoms with van der Waals surface area (Å²) >= 11 is 0. The number of amidine groups is 3. The van der Waals surface area contributed by atoms with Gasteiger partial charge in [-0.1, -0.05) is 81.8 Å². The van der Waals surface area contributed by atoms with Crippen molar-refractivity contribution >= 4 is 70.8 Å². The van der Waals surface area contributed by atoms with Crippen LogP contribution in [0.15, 0.2) is 174 Å². The first-order valence-electron chi connectivity index (χ1n) is 37.3. The van der Waals surface area contributed by atoms with E-state index in [2.05, 4.69) is 50.0 Å². The number of carbonyl (C=O) groups is 5. The number of alkyl halides is 1. The molecule has 0 aromatic heterocycles. The molecule has 41 nitrogen and oxygen atoms in total. The first kappa shape index (κ1) is 97.6. The lowest BCUT2D eigenvalue weighted by Crippen LogP contribution is -2.51. The zero-order valence-corrected chi connectivity index (χ0v) is 69.9. The van der Waals surface area contributed by atoms with E-state index in [0.29, 0.717) is 5.56 Å². The number of carbonyl (C=O) groups excluding carboxylic acids is 5. The van der Waals surface area contributed by atoms with Gasteiger partial charge in [0.2, 0.25) is 0 Å². The Balaban J connectivity index is 0.000000250. The van der Waals surface area contributed by atoms with Gasteiger partial charge in [0.25, 0.3) is 0 Å². The summed E-state index contributed by atoms with van der Waals surface area (Å²) in [7, 11) is -12.9. The van der Waals surface area contributed by atoms with Crippen LogP contribution in [0.25, 0.3) is 0 Å². The zero-order valence-electron chi connectivity index (χ0n) is 67.2. The summed E-state index contributed by atoms with van der Waals surface area (Å²) < 4.78 is 140. The van der Waals surface area contributed by atoms with Crippen LogP contribution in [-0.2, 0) is 95.5 Å². The Bertz CT molecular complexity index is 4270. The number of nitrogens with one attached hydrogen (secondary N) is 6. The van der Waals surface area contributed by atoms with Gasteiger partial charge in [0, 0.05) is 25.0 Å². The largest absolute Gasteiger partial charge is 0.509 e. The van der Waals surface area contributed by atoms with Crippen LogP contribution in [-0.4, -0.2) is 229 Å². The fourth-order valence-corrected chi connectivity index (χ4v) is 16.7. The number of hydroxylamine groups is 3. The lowest BCUT2D eigenvalue weighted by molar-refractivity contribution is -0.149. The van der Waals surface area contributed by atoms with Crippen LogP contribution in [0, 0.1) is 0 Å². The van der Waals surface area contributed by atoms with Gasteiger partial charge in [-0.05, 0) is 144 Å². The van der Waals surface area contributed by atoms with E-state index in [9.17, 15) is 58.2 Å². The van der Waals surface area contributed by atoms with Crippen molar-refractivity contribution in [2.75, 3.05) is 33.0 Å². The number of fused-ring (bicyclic) bond motifs is 1. The molecular formula is C75H106FN12O29P3. The topological polar surface area (TPSA) is 515 Å². The minimum atomic E-state index is -4.43. The van der Waals surface area contributed by atoms with Crippen molar-refractivity contribution in [2.24, 2.45) is 15.0 Å². The van der Waals surface area contributed by atoms with Crippen molar-refractivity contribution in [3.8, 4) is 17.2 Å². The van der Waals surface area contributed by atoms with E-state index in [-0.39, 0.29) is 91.8 Å². The summed E-state index contributed by atoms with van der Waals surface area (Å²) in [4.78, 5) is 77.6. The van der Waals surface area contributed by atoms with Gasteiger partial charge < -0.3 is 86.2 Å². The second kappa shape index (κ2) is 42.8. The lowest BCUT2D eigenvalue weighted by Gasteiger charge is -2.35. The van der Waals surface area contributed by atoms with Crippen molar-refractivity contribution in [1.29, 1.82) is 0 Å². The average molecular weight is 1750 g/mol. The molecule has 0 amide bonds. The quantitative estimate of drug-likeness (QED) is 0.0117. The molecule has 7 aliphatic rings. The number of aliphatic hydroxyl groups excluding tert-OH is 2. The van der Waals surface area contributed by atoms with E-state index in [4.69, 9.17) is 80.2 Å². The van der Waals surface area contributed by atoms with Crippen molar-refractivity contribution < 1.29 is 143 Å². The van der Waals surface area contributed by atoms with Gasteiger partial charge in [-0.3, -0.25) is 64.8 Å². The molecule has 7 aliphatic heterocycles. The maximum absolute atomic E-state index is 15.6. The van der Waals surface area contributed by atoms with E-state index in [0.717, 1.165) is 6.92 Å². The number of hydrogen-bond donors (Lipinski definition) is 12. The number of halogens is 1. The molecule has 662 valence electrons. The smallest absolute Gasteiger partial charge is 0.465 e. The van der Waals surface area contributed by atoms with Crippen LogP contribution in [0.2, 0.25) is 0 Å². The molecule has 3 aromatic carbocycles. The molecule has 10 rings (SSSR count). The number of ether oxygens (including phenoxy) is 9. The van der Waals surface area contributed by atoms with Gasteiger partial charge in [0.15, 0.2) is 53.6 Å². The maximum Gasteiger partial charge on any atom is 0.509 e. The fraction of sp³-hybridized carbons (Fsp3) is 0.493. The van der Waals surface area contributed by atoms with Crippen LogP contribution in [0.3, 0.4) is 0 Å². The highest BCUT2D eigenvalue weighted by Crippen LogP contribution is 2.52. The Hall–Kier alpha value is -9.52. The van der Waals surface area contributed by atoms with E-state index in [1.807, 2.05) is 16.4 Å². The van der Waals surface area contributed by atoms with Crippen molar-refractivity contribution in [3.05, 3.63) is 165 Å². The van der Waals surface area contributed by atoms with Gasteiger partial charge in [0.1, 0.15) is 89.0 Å². The van der Waals surface area contributed by atoms with Gasteiger partial charge in [0.05, 0.1) is 45.2 Å². The van der Waals surface area contributed by atoms with Crippen molar-refractivity contribution in [3.63, 3.8) is 0 Å². The number of nitrogens with zero attached hydrogens (tertiary/aromatic N) is 6. The van der Waals surface area contributed by atoms with Crippen LogP contribution in [0.5, 0.6) is 17.2 Å². The Morgan fingerprint density at radius 1 is 0.558 bits per heavy atom. The second-order valence-corrected chi connectivity index (χ2v) is 33.2. The van der Waals surface area contributed by atoms with E-state index in [1.165, 1.54) is 91.4 Å². The molecule has 4 saturated heterocycles. The molecule has 18 atom stereocenters. The van der Waals surface area contributed by atoms with Crippen LogP contribution in [0.1, 0.15) is 102 Å². The van der Waals surface area contributed by atoms with Gasteiger partial charge in [-0.25, -0.2) is 37.9 Å². The highest BCUT2D eigenvalue weighted by Gasteiger charge is 2.66. The number of aryl methyl sites for hydroxylation is 1. The predicted molar refractivity (Wildman–Crippen MR) is 426 cm³/mol. The number of benzene rings is 3. The summed E-state index contributed by atoms with van der Waals surface area (Å²) in [5, 5.41) is 67.3. The van der Waals surface area contributed by atoms with Crippen LogP contribution < -0.4 is 45.3 Å². The average Bonchev–Trinajstić information content (AvgIpc) is 1.58. The summed E-state index contributed by atoms with van der Waals surface area (Å²) in [6.45, 7) is 28.6. The third-order valence-corrected chi connectivity index (χ3v) is 22.9. The summed E-state index contributed by atoms with van der Waals surface area (Å²) in [5.74, 6) is -1.29. The highest BCUT2D eigenvalue weighted by molar-refractivity contribution is 7.52. The number of aliphatic imine (C=N–C) groups is 3. The standard InChI is InChI=1S/C30H41N4O12P.C22H30FN4O8P.C22H31N4O9P.CH4/c1-17(2)41-25(35)13-12-21-10-8-9-11-22(21)46-47(39,33-19(5)27(36)42-18(3)4)40-16-23-26-30(7,45-29(37)44-26)28(43-23)34-15-14-24(32-38)31-20(34)6;1-5-32-20(29)14(2)26-36(31,35-16-9-7-6-8-10-16)33-13-17-19(28)22(4,23)21(34-17)27-12-11-18(25-30)24-15(27)3;1-5-32-20(28)14(2)25-36(31,35-16-9-7-6-8-10-16)33-13-17-19(27)22(4,29)21(34-17)26-12-11-18(24-30)23-15(26)3;/h8-11,14-15,17-19,23,26,28,38H,6,12-13,16H2,1-5,7H3,(H,31,32)(H,33,39);6-12,14,17,19,21,28,30H,3,5,13H2,1-2,4H3,(H,24,25)(H,26,31);6-12,14,17,19,21,27,29-30H,3,5,13H2,1-2,4H3,(H,23,24)(H,25,31);1H4/t19-,23+,26?,28+,30+,47?;2*14-,17+,19?,21+,22+,36?;/m000./s1. The number of rotatable bonds is 34. The van der Waals surface area contributed by atoms with Crippen molar-refractivity contribution in [2.45, 2.75) is 206 Å². The molecule has 0 bridgehead atoms. The third-order valence-electron chi connectivity index (χ3n) is 18.0. The molecule has 12 N–H and O–H groups in total. The molecule has 0 aliphatic carbocycles. The first-order chi connectivity index (χ1) is 56.1. The van der Waals surface area contributed by atoms with Gasteiger partial charge >= 0.3 is 53.3 Å². The Morgan fingerprint density at radius 3 is 1.39 bits per heavy atom. The zero-order chi connectivity index (χ0) is 87.5. The van der Waals surface area contributed by atoms with E-state index >= 15 is 4.39 Å². The number of hydrogen-bond acceptors (Lipinski definition) is 38. The molecule has 7 heterocycles. The fourth-order valence-electron chi connectivity index (χ4n) is 12.2. The molecule has 0 saturated carbocycles. The first-order valence-corrected chi connectivity index (χ1v) is 41.9. The Kier molecular flexibility index (Phi) is 34.8. The monoisotopic (exact) mass is 1750 g/mol. The van der Waals surface area contributed by atoms with Gasteiger partial charge in [-0.2, -0.15) is 15.3 Å². The summed E-state index contributed by atoms with van der Waals surface area (Å²) in [6.07, 6.45) is -4.08. The molecule has 0 radical (unpaired) electrons.